The lowest BCUT2D eigenvalue weighted by Crippen LogP contribution is -2.29. The maximum atomic E-state index is 12.3. The van der Waals surface area contributed by atoms with E-state index in [-0.39, 0.29) is 11.8 Å². The van der Waals surface area contributed by atoms with Crippen molar-refractivity contribution in [2.75, 3.05) is 5.32 Å². The van der Waals surface area contributed by atoms with Gasteiger partial charge in [-0.3, -0.25) is 4.79 Å². The van der Waals surface area contributed by atoms with Crippen LogP contribution < -0.4 is 5.32 Å². The Morgan fingerprint density at radius 2 is 2.20 bits per heavy atom. The van der Waals surface area contributed by atoms with Crippen molar-refractivity contribution < 1.29 is 4.79 Å². The predicted molar refractivity (Wildman–Crippen MR) is 78.5 cm³/mol. The highest BCUT2D eigenvalue weighted by Gasteiger charge is 2.24. The maximum absolute atomic E-state index is 12.3. The van der Waals surface area contributed by atoms with Crippen LogP contribution in [0.2, 0.25) is 0 Å². The Balaban J connectivity index is 1.65. The second-order valence-corrected chi connectivity index (χ2v) is 5.31. The van der Waals surface area contributed by atoms with E-state index < -0.39 is 0 Å². The first-order valence-corrected chi connectivity index (χ1v) is 7.15. The molecule has 1 unspecified atom stereocenters. The predicted octanol–water partition coefficient (Wildman–Crippen LogP) is 2.65. The highest BCUT2D eigenvalue weighted by molar-refractivity contribution is 5.92. The Bertz CT molecular complexity index is 600. The van der Waals surface area contributed by atoms with Gasteiger partial charge in [0, 0.05) is 36.5 Å². The summed E-state index contributed by atoms with van der Waals surface area (Å²) < 4.78 is 2.12. The molecular formula is C16H19N3O. The molecule has 0 saturated carbocycles. The van der Waals surface area contributed by atoms with E-state index in [1.807, 2.05) is 24.7 Å². The smallest absolute Gasteiger partial charge is 0.227 e. The van der Waals surface area contributed by atoms with Crippen LogP contribution in [0, 0.1) is 5.92 Å². The fourth-order valence-electron chi connectivity index (χ4n) is 2.66. The Labute approximate surface area is 118 Å². The normalized spacial score (nSPS) is 17.6. The van der Waals surface area contributed by atoms with Gasteiger partial charge in [0.05, 0.1) is 6.33 Å². The third-order valence-corrected chi connectivity index (χ3v) is 3.97. The van der Waals surface area contributed by atoms with Gasteiger partial charge in [-0.05, 0) is 30.5 Å². The van der Waals surface area contributed by atoms with Crippen LogP contribution in [0.15, 0.2) is 36.8 Å². The number of carbonyl (C=O) groups is 1. The maximum Gasteiger partial charge on any atom is 0.227 e. The van der Waals surface area contributed by atoms with Crippen LogP contribution in [0.3, 0.4) is 0 Å². The topological polar surface area (TPSA) is 46.9 Å². The van der Waals surface area contributed by atoms with Crippen molar-refractivity contribution in [2.24, 2.45) is 5.92 Å². The first-order valence-electron chi connectivity index (χ1n) is 7.15. The number of amides is 1. The third kappa shape index (κ3) is 2.59. The highest BCUT2D eigenvalue weighted by atomic mass is 16.1. The number of rotatable bonds is 3. The molecule has 20 heavy (non-hydrogen) atoms. The summed E-state index contributed by atoms with van der Waals surface area (Å²) in [4.78, 5) is 16.4. The molecule has 1 N–H and O–H groups in total. The van der Waals surface area contributed by atoms with E-state index in [0.717, 1.165) is 37.2 Å². The molecule has 1 aromatic carbocycles. The number of nitrogens with zero attached hydrogens (tertiary/aromatic N) is 2. The van der Waals surface area contributed by atoms with Gasteiger partial charge in [0.1, 0.15) is 0 Å². The Morgan fingerprint density at radius 3 is 2.95 bits per heavy atom. The van der Waals surface area contributed by atoms with E-state index in [1.54, 1.807) is 0 Å². The minimum atomic E-state index is 0.0463. The number of carbonyl (C=O) groups excluding carboxylic acids is 1. The number of hydrogen-bond donors (Lipinski definition) is 1. The highest BCUT2D eigenvalue weighted by Crippen LogP contribution is 2.21. The van der Waals surface area contributed by atoms with Crippen LogP contribution in [-0.4, -0.2) is 15.5 Å². The summed E-state index contributed by atoms with van der Waals surface area (Å²) in [6.45, 7) is 3.00. The number of fused-ring (bicyclic) bond motifs is 1. The van der Waals surface area contributed by atoms with Gasteiger partial charge in [0.25, 0.3) is 0 Å². The van der Waals surface area contributed by atoms with Gasteiger partial charge in [-0.1, -0.05) is 19.1 Å². The van der Waals surface area contributed by atoms with Gasteiger partial charge >= 0.3 is 0 Å². The fraction of sp³-hybridized carbons (Fsp3) is 0.375. The molecule has 2 aromatic rings. The van der Waals surface area contributed by atoms with E-state index in [1.165, 1.54) is 5.56 Å². The Morgan fingerprint density at radius 1 is 1.40 bits per heavy atom. The average Bonchev–Trinajstić information content (AvgIpc) is 2.95. The lowest BCUT2D eigenvalue weighted by Gasteiger charge is -2.23. The molecule has 0 bridgehead atoms. The minimum absolute atomic E-state index is 0.0463. The molecule has 104 valence electrons. The fourth-order valence-corrected chi connectivity index (χ4v) is 2.66. The molecule has 2 heterocycles. The zero-order valence-electron chi connectivity index (χ0n) is 11.7. The molecule has 1 aliphatic rings. The molecular weight excluding hydrogens is 250 g/mol. The molecule has 4 heteroatoms. The standard InChI is InChI=1S/C16H19N3O/c1-2-12-3-5-14(6-4-12)18-16(20)13-7-8-19-11-17-10-15(19)9-13/h3-6,10-11,13H,2,7-9H2,1H3,(H,18,20). The SMILES string of the molecule is CCc1ccc(NC(=O)C2CCn3cncc3C2)cc1. The molecule has 0 aliphatic carbocycles. The Hall–Kier alpha value is -2.10. The van der Waals surface area contributed by atoms with E-state index in [0.29, 0.717) is 0 Å². The molecule has 3 rings (SSSR count). The van der Waals surface area contributed by atoms with Crippen molar-refractivity contribution in [3.8, 4) is 0 Å². The van der Waals surface area contributed by atoms with Crippen LogP contribution in [0.25, 0.3) is 0 Å². The average molecular weight is 269 g/mol. The molecule has 1 atom stereocenters. The zero-order valence-corrected chi connectivity index (χ0v) is 11.7. The van der Waals surface area contributed by atoms with Crippen LogP contribution in [0.5, 0.6) is 0 Å². The molecule has 0 radical (unpaired) electrons. The van der Waals surface area contributed by atoms with E-state index in [2.05, 4.69) is 33.9 Å². The monoisotopic (exact) mass is 269 g/mol. The summed E-state index contributed by atoms with van der Waals surface area (Å²) in [5, 5.41) is 3.02. The van der Waals surface area contributed by atoms with Gasteiger partial charge in [-0.2, -0.15) is 0 Å². The van der Waals surface area contributed by atoms with Crippen LogP contribution in [-0.2, 0) is 24.2 Å². The molecule has 4 nitrogen and oxygen atoms in total. The number of hydrogen-bond acceptors (Lipinski definition) is 2. The van der Waals surface area contributed by atoms with Crippen molar-refractivity contribution in [3.63, 3.8) is 0 Å². The van der Waals surface area contributed by atoms with Crippen LogP contribution in [0.4, 0.5) is 5.69 Å². The summed E-state index contributed by atoms with van der Waals surface area (Å²) in [7, 11) is 0. The van der Waals surface area contributed by atoms with Crippen molar-refractivity contribution >= 4 is 11.6 Å². The first kappa shape index (κ1) is 12.9. The summed E-state index contributed by atoms with van der Waals surface area (Å²) in [5.41, 5.74) is 3.31. The molecule has 1 aliphatic heterocycles. The van der Waals surface area contributed by atoms with Gasteiger partial charge in [0.15, 0.2) is 0 Å². The lowest BCUT2D eigenvalue weighted by molar-refractivity contribution is -0.120. The zero-order chi connectivity index (χ0) is 13.9. The van der Waals surface area contributed by atoms with Crippen molar-refractivity contribution in [1.29, 1.82) is 0 Å². The number of aromatic nitrogens is 2. The first-order chi connectivity index (χ1) is 9.76. The Kier molecular flexibility index (Phi) is 3.54. The number of aryl methyl sites for hydroxylation is 2. The summed E-state index contributed by atoms with van der Waals surface area (Å²) in [6, 6.07) is 8.07. The summed E-state index contributed by atoms with van der Waals surface area (Å²) >= 11 is 0. The van der Waals surface area contributed by atoms with E-state index in [9.17, 15) is 4.79 Å². The number of benzene rings is 1. The number of anilines is 1. The molecule has 0 saturated heterocycles. The van der Waals surface area contributed by atoms with Gasteiger partial charge in [0.2, 0.25) is 5.91 Å². The molecule has 0 fully saturated rings. The summed E-state index contributed by atoms with van der Waals surface area (Å²) in [6.07, 6.45) is 6.37. The van der Waals surface area contributed by atoms with Crippen molar-refractivity contribution in [1.82, 2.24) is 9.55 Å². The minimum Gasteiger partial charge on any atom is -0.335 e. The quantitative estimate of drug-likeness (QED) is 0.931. The third-order valence-electron chi connectivity index (χ3n) is 3.97. The van der Waals surface area contributed by atoms with E-state index in [4.69, 9.17) is 0 Å². The van der Waals surface area contributed by atoms with Crippen molar-refractivity contribution in [3.05, 3.63) is 48.0 Å². The molecule has 1 amide bonds. The van der Waals surface area contributed by atoms with Crippen LogP contribution >= 0.6 is 0 Å². The van der Waals surface area contributed by atoms with Gasteiger partial charge in [-0.25, -0.2) is 4.98 Å². The number of nitrogens with one attached hydrogen (secondary N) is 1. The van der Waals surface area contributed by atoms with Gasteiger partial charge in [-0.15, -0.1) is 0 Å². The largest absolute Gasteiger partial charge is 0.335 e. The van der Waals surface area contributed by atoms with Crippen LogP contribution in [0.1, 0.15) is 24.6 Å². The summed E-state index contributed by atoms with van der Waals surface area (Å²) in [5.74, 6) is 0.159. The van der Waals surface area contributed by atoms with Crippen molar-refractivity contribution in [2.45, 2.75) is 32.7 Å². The number of imidazole rings is 1. The molecule has 0 spiro atoms. The van der Waals surface area contributed by atoms with Gasteiger partial charge < -0.3 is 9.88 Å². The second-order valence-electron chi connectivity index (χ2n) is 5.31. The second kappa shape index (κ2) is 5.49. The van der Waals surface area contributed by atoms with E-state index >= 15 is 0 Å². The molecule has 1 aromatic heterocycles. The lowest BCUT2D eigenvalue weighted by atomic mass is 9.95.